The normalized spacial score (nSPS) is 12.1. The van der Waals surface area contributed by atoms with E-state index in [0.29, 0.717) is 29.1 Å². The molecule has 0 saturated carbocycles. The van der Waals surface area contributed by atoms with Gasteiger partial charge in [0.25, 0.3) is 0 Å². The summed E-state index contributed by atoms with van der Waals surface area (Å²) >= 11 is 0. The molecular weight excluding hydrogens is 315 g/mol. The Bertz CT molecular complexity index is 922. The van der Waals surface area contributed by atoms with Crippen LogP contribution in [0, 0.1) is 28.5 Å². The lowest BCUT2D eigenvalue weighted by Gasteiger charge is -2.10. The number of nitriles is 2. The van der Waals surface area contributed by atoms with E-state index in [1.165, 1.54) is 12.1 Å². The first-order valence-corrected chi connectivity index (χ1v) is 7.64. The number of hydrogen-bond donors (Lipinski definition) is 1. The van der Waals surface area contributed by atoms with Gasteiger partial charge in [-0.3, -0.25) is 4.99 Å². The maximum Gasteiger partial charge on any atom is 0.123 e. The predicted octanol–water partition coefficient (Wildman–Crippen LogP) is 4.14. The summed E-state index contributed by atoms with van der Waals surface area (Å²) in [7, 11) is 0. The lowest BCUT2D eigenvalue weighted by atomic mass is 10.00. The molecule has 2 N–H and O–H groups in total. The fourth-order valence-electron chi connectivity index (χ4n) is 2.41. The zero-order valence-electron chi connectivity index (χ0n) is 14.0. The van der Waals surface area contributed by atoms with Crippen LogP contribution in [0.4, 0.5) is 10.1 Å². The van der Waals surface area contributed by atoms with Gasteiger partial charge in [0.05, 0.1) is 16.8 Å². The van der Waals surface area contributed by atoms with Gasteiger partial charge in [0.2, 0.25) is 0 Å². The molecular formula is C20H17FN4. The molecule has 5 heteroatoms. The highest BCUT2D eigenvalue weighted by Crippen LogP contribution is 2.20. The van der Waals surface area contributed by atoms with E-state index in [1.807, 2.05) is 19.1 Å². The van der Waals surface area contributed by atoms with Crippen LogP contribution in [0.5, 0.6) is 0 Å². The molecule has 2 aromatic carbocycles. The second-order valence-corrected chi connectivity index (χ2v) is 5.62. The minimum absolute atomic E-state index is 0.282. The maximum atomic E-state index is 13.1. The van der Waals surface area contributed by atoms with Crippen molar-refractivity contribution < 1.29 is 4.39 Å². The van der Waals surface area contributed by atoms with Crippen LogP contribution in [0.1, 0.15) is 30.5 Å². The lowest BCUT2D eigenvalue weighted by Crippen LogP contribution is -2.09. The van der Waals surface area contributed by atoms with Crippen molar-refractivity contribution in [1.29, 1.82) is 10.5 Å². The standard InChI is InChI=1S/C20H17FN4/c1-13(24)20(9-15-3-6-18(21)7-4-15)14(2)25-19-8-5-16(11-22)17(10-19)12-23/h3-8,10H,9,24H2,1-2H3. The van der Waals surface area contributed by atoms with Crippen LogP contribution in [0.25, 0.3) is 0 Å². The highest BCUT2D eigenvalue weighted by atomic mass is 19.1. The van der Waals surface area contributed by atoms with Crippen LogP contribution in [0.15, 0.2) is 58.7 Å². The Morgan fingerprint density at radius 3 is 2.24 bits per heavy atom. The first-order valence-electron chi connectivity index (χ1n) is 7.64. The van der Waals surface area contributed by atoms with Crippen molar-refractivity contribution in [3.05, 3.63) is 76.2 Å². The molecule has 124 valence electrons. The highest BCUT2D eigenvalue weighted by Gasteiger charge is 2.09. The lowest BCUT2D eigenvalue weighted by molar-refractivity contribution is 0.627. The third kappa shape index (κ3) is 4.53. The predicted molar refractivity (Wildman–Crippen MR) is 95.6 cm³/mol. The molecule has 0 aliphatic heterocycles. The monoisotopic (exact) mass is 332 g/mol. The summed E-state index contributed by atoms with van der Waals surface area (Å²) in [6, 6.07) is 15.0. The van der Waals surface area contributed by atoms with E-state index >= 15 is 0 Å². The van der Waals surface area contributed by atoms with Crippen molar-refractivity contribution in [2.75, 3.05) is 0 Å². The Labute approximate surface area is 146 Å². The molecule has 0 saturated heterocycles. The van der Waals surface area contributed by atoms with E-state index in [0.717, 1.165) is 11.1 Å². The zero-order chi connectivity index (χ0) is 18.4. The van der Waals surface area contributed by atoms with Crippen LogP contribution in [0.2, 0.25) is 0 Å². The Hall–Kier alpha value is -3.44. The van der Waals surface area contributed by atoms with Crippen molar-refractivity contribution in [3.63, 3.8) is 0 Å². The molecule has 0 amide bonds. The van der Waals surface area contributed by atoms with Gasteiger partial charge in [0.15, 0.2) is 0 Å². The fraction of sp³-hybridized carbons (Fsp3) is 0.150. The van der Waals surface area contributed by atoms with E-state index < -0.39 is 0 Å². The Morgan fingerprint density at radius 1 is 1.04 bits per heavy atom. The molecule has 0 radical (unpaired) electrons. The number of halogens is 1. The molecule has 2 aromatic rings. The number of aliphatic imine (C=N–C) groups is 1. The van der Waals surface area contributed by atoms with Crippen LogP contribution in [-0.2, 0) is 6.42 Å². The quantitative estimate of drug-likeness (QED) is 0.854. The first-order chi connectivity index (χ1) is 11.9. The molecule has 0 aliphatic carbocycles. The number of benzene rings is 2. The average molecular weight is 332 g/mol. The molecule has 0 atom stereocenters. The van der Waals surface area contributed by atoms with Crippen LogP contribution in [-0.4, -0.2) is 5.71 Å². The Kier molecular flexibility index (Phi) is 5.66. The summed E-state index contributed by atoms with van der Waals surface area (Å²) in [6.07, 6.45) is 0.527. The molecule has 0 aromatic heterocycles. The second-order valence-electron chi connectivity index (χ2n) is 5.62. The van der Waals surface area contributed by atoms with Crippen molar-refractivity contribution in [3.8, 4) is 12.1 Å². The van der Waals surface area contributed by atoms with Gasteiger partial charge in [0.1, 0.15) is 18.0 Å². The summed E-state index contributed by atoms with van der Waals surface area (Å²) in [4.78, 5) is 4.52. The topological polar surface area (TPSA) is 86.0 Å². The molecule has 2 rings (SSSR count). The number of nitrogens with two attached hydrogens (primary N) is 1. The van der Waals surface area contributed by atoms with Crippen molar-refractivity contribution in [1.82, 2.24) is 0 Å². The van der Waals surface area contributed by atoms with E-state index in [-0.39, 0.29) is 11.4 Å². The first kappa shape index (κ1) is 17.9. The summed E-state index contributed by atoms with van der Waals surface area (Å²) in [5, 5.41) is 18.1. The average Bonchev–Trinajstić information content (AvgIpc) is 2.60. The Balaban J connectivity index is 2.35. The second kappa shape index (κ2) is 7.90. The van der Waals surface area contributed by atoms with Crippen molar-refractivity contribution >= 4 is 11.4 Å². The molecule has 25 heavy (non-hydrogen) atoms. The van der Waals surface area contributed by atoms with E-state index in [2.05, 4.69) is 4.99 Å². The number of allylic oxidation sites excluding steroid dienone is 2. The number of rotatable bonds is 4. The molecule has 0 heterocycles. The van der Waals surface area contributed by atoms with Gasteiger partial charge in [-0.2, -0.15) is 10.5 Å². The molecule has 4 nitrogen and oxygen atoms in total. The summed E-state index contributed by atoms with van der Waals surface area (Å²) < 4.78 is 13.1. The third-order valence-corrected chi connectivity index (χ3v) is 3.75. The van der Waals surface area contributed by atoms with Crippen molar-refractivity contribution in [2.24, 2.45) is 10.7 Å². The van der Waals surface area contributed by atoms with Gasteiger partial charge >= 0.3 is 0 Å². The fourth-order valence-corrected chi connectivity index (χ4v) is 2.41. The van der Waals surface area contributed by atoms with Crippen LogP contribution < -0.4 is 5.73 Å². The summed E-state index contributed by atoms with van der Waals surface area (Å²) in [5.41, 5.74) is 10.3. The number of nitrogens with zero attached hydrogens (tertiary/aromatic N) is 3. The minimum Gasteiger partial charge on any atom is -0.402 e. The van der Waals surface area contributed by atoms with E-state index in [9.17, 15) is 4.39 Å². The Morgan fingerprint density at radius 2 is 1.68 bits per heavy atom. The molecule has 0 bridgehead atoms. The largest absolute Gasteiger partial charge is 0.402 e. The molecule has 0 fully saturated rings. The minimum atomic E-state index is -0.286. The summed E-state index contributed by atoms with van der Waals surface area (Å²) in [5.74, 6) is -0.286. The van der Waals surface area contributed by atoms with Gasteiger partial charge in [-0.05, 0) is 55.3 Å². The van der Waals surface area contributed by atoms with Gasteiger partial charge in [0, 0.05) is 17.8 Å². The molecule has 0 aliphatic rings. The molecule has 0 unspecified atom stereocenters. The SMILES string of the molecule is CC(=Nc1ccc(C#N)c(C#N)c1)C(Cc1ccc(F)cc1)=C(C)N. The van der Waals surface area contributed by atoms with Gasteiger partial charge < -0.3 is 5.73 Å². The van der Waals surface area contributed by atoms with E-state index in [4.69, 9.17) is 16.3 Å². The van der Waals surface area contributed by atoms with Crippen LogP contribution >= 0.6 is 0 Å². The van der Waals surface area contributed by atoms with Crippen molar-refractivity contribution in [2.45, 2.75) is 20.3 Å². The summed E-state index contributed by atoms with van der Waals surface area (Å²) in [6.45, 7) is 3.62. The van der Waals surface area contributed by atoms with Gasteiger partial charge in [-0.15, -0.1) is 0 Å². The maximum absolute atomic E-state index is 13.1. The number of hydrogen-bond acceptors (Lipinski definition) is 4. The highest BCUT2D eigenvalue weighted by molar-refractivity contribution is 6.00. The zero-order valence-corrected chi connectivity index (χ0v) is 14.0. The third-order valence-electron chi connectivity index (χ3n) is 3.75. The van der Waals surface area contributed by atoms with Crippen LogP contribution in [0.3, 0.4) is 0 Å². The smallest absolute Gasteiger partial charge is 0.123 e. The molecule has 0 spiro atoms. The van der Waals surface area contributed by atoms with E-state index in [1.54, 1.807) is 37.3 Å². The van der Waals surface area contributed by atoms with Gasteiger partial charge in [-0.25, -0.2) is 4.39 Å². The van der Waals surface area contributed by atoms with Gasteiger partial charge in [-0.1, -0.05) is 12.1 Å².